The van der Waals surface area contributed by atoms with Crippen LogP contribution in [0, 0.1) is 0 Å². The second-order valence-corrected chi connectivity index (χ2v) is 8.24. The molecule has 0 N–H and O–H groups in total. The molecule has 0 aromatic heterocycles. The number of thioether (sulfide) groups is 1. The Balaban J connectivity index is 1.84. The van der Waals surface area contributed by atoms with Crippen molar-refractivity contribution in [3.63, 3.8) is 0 Å². The lowest BCUT2D eigenvalue weighted by Crippen LogP contribution is -2.23. The van der Waals surface area contributed by atoms with Gasteiger partial charge >= 0.3 is 5.97 Å². The summed E-state index contributed by atoms with van der Waals surface area (Å²) in [7, 11) is 3.33. The fourth-order valence-electron chi connectivity index (χ4n) is 3.39. The third-order valence-corrected chi connectivity index (χ3v) is 6.30. The molecule has 1 heterocycles. The van der Waals surface area contributed by atoms with E-state index in [1.165, 1.54) is 16.7 Å². The number of carbonyl (C=O) groups is 2. The van der Waals surface area contributed by atoms with Crippen LogP contribution in [-0.2, 0) is 9.53 Å². The SMILES string of the molecule is CCOC(=O)c1ccc(N=C2SC(=Cc3ccc(N(CC)CC)cc3OC)C(=O)N2C)cc1. The number of likely N-dealkylation sites (N-methyl/N-ethyl adjacent to an activating group) is 1. The molecule has 8 heteroatoms. The number of benzene rings is 2. The molecule has 0 atom stereocenters. The Morgan fingerprint density at radius 3 is 2.42 bits per heavy atom. The summed E-state index contributed by atoms with van der Waals surface area (Å²) in [5.41, 5.74) is 3.02. The number of rotatable bonds is 8. The van der Waals surface area contributed by atoms with Crippen molar-refractivity contribution in [2.75, 3.05) is 38.8 Å². The van der Waals surface area contributed by atoms with E-state index in [9.17, 15) is 9.59 Å². The molecule has 0 bridgehead atoms. The van der Waals surface area contributed by atoms with E-state index in [-0.39, 0.29) is 11.9 Å². The molecule has 1 fully saturated rings. The highest BCUT2D eigenvalue weighted by molar-refractivity contribution is 8.18. The Morgan fingerprint density at radius 1 is 1.12 bits per heavy atom. The van der Waals surface area contributed by atoms with Crippen LogP contribution in [0.2, 0.25) is 0 Å². The summed E-state index contributed by atoms with van der Waals surface area (Å²) in [6.07, 6.45) is 1.83. The van der Waals surface area contributed by atoms with Crippen molar-refractivity contribution in [1.82, 2.24) is 4.90 Å². The third kappa shape index (κ3) is 5.57. The molecule has 2 aromatic rings. The number of ether oxygens (including phenoxy) is 2. The molecule has 1 aliphatic heterocycles. The highest BCUT2D eigenvalue weighted by atomic mass is 32.2. The first kappa shape index (κ1) is 24.4. The molecule has 0 spiro atoms. The van der Waals surface area contributed by atoms with Crippen molar-refractivity contribution in [2.45, 2.75) is 20.8 Å². The van der Waals surface area contributed by atoms with Gasteiger partial charge in [0.2, 0.25) is 0 Å². The maximum absolute atomic E-state index is 12.8. The van der Waals surface area contributed by atoms with Crippen LogP contribution in [0.4, 0.5) is 11.4 Å². The van der Waals surface area contributed by atoms with E-state index in [4.69, 9.17) is 9.47 Å². The van der Waals surface area contributed by atoms with Gasteiger partial charge in [0, 0.05) is 37.5 Å². The number of methoxy groups -OCH3 is 1. The average Bonchev–Trinajstić information content (AvgIpc) is 3.09. The van der Waals surface area contributed by atoms with Gasteiger partial charge in [0.05, 0.1) is 29.9 Å². The molecule has 174 valence electrons. The smallest absolute Gasteiger partial charge is 0.338 e. The van der Waals surface area contributed by atoms with Crippen molar-refractivity contribution in [2.24, 2.45) is 4.99 Å². The number of hydrogen-bond acceptors (Lipinski definition) is 7. The largest absolute Gasteiger partial charge is 0.496 e. The van der Waals surface area contributed by atoms with Crippen LogP contribution in [0.15, 0.2) is 52.4 Å². The lowest BCUT2D eigenvalue weighted by molar-refractivity contribution is -0.121. The molecule has 0 aliphatic carbocycles. The zero-order chi connectivity index (χ0) is 24.0. The normalized spacial score (nSPS) is 15.9. The standard InChI is InChI=1S/C25H29N3O4S/c1-6-28(7-2)20-14-11-18(21(16-20)31-5)15-22-23(29)27(4)25(33-22)26-19-12-9-17(10-13-19)24(30)32-8-3/h9-16H,6-8H2,1-5H3. The first-order valence-corrected chi connectivity index (χ1v) is 11.7. The fourth-order valence-corrected chi connectivity index (χ4v) is 4.37. The molecule has 1 saturated heterocycles. The van der Waals surface area contributed by atoms with Gasteiger partial charge in [-0.05, 0) is 75.0 Å². The first-order valence-electron chi connectivity index (χ1n) is 10.9. The second kappa shape index (κ2) is 11.0. The molecule has 0 unspecified atom stereocenters. The van der Waals surface area contributed by atoms with Crippen LogP contribution in [0.25, 0.3) is 6.08 Å². The minimum atomic E-state index is -0.370. The molecule has 3 rings (SSSR count). The van der Waals surface area contributed by atoms with Gasteiger partial charge in [0.25, 0.3) is 5.91 Å². The van der Waals surface area contributed by atoms with Gasteiger partial charge in [-0.2, -0.15) is 0 Å². The van der Waals surface area contributed by atoms with Gasteiger partial charge < -0.3 is 14.4 Å². The number of hydrogen-bond donors (Lipinski definition) is 0. The Hall–Kier alpha value is -3.26. The monoisotopic (exact) mass is 467 g/mol. The van der Waals surface area contributed by atoms with E-state index >= 15 is 0 Å². The van der Waals surface area contributed by atoms with Crippen molar-refractivity contribution < 1.29 is 19.1 Å². The second-order valence-electron chi connectivity index (χ2n) is 7.24. The van der Waals surface area contributed by atoms with Gasteiger partial charge in [-0.15, -0.1) is 0 Å². The zero-order valence-electron chi connectivity index (χ0n) is 19.6. The quantitative estimate of drug-likeness (QED) is 0.404. The minimum absolute atomic E-state index is 0.128. The van der Waals surface area contributed by atoms with E-state index in [0.29, 0.717) is 33.7 Å². The van der Waals surface area contributed by atoms with E-state index in [0.717, 1.165) is 24.3 Å². The molecule has 33 heavy (non-hydrogen) atoms. The number of anilines is 1. The molecule has 0 saturated carbocycles. The molecular formula is C25H29N3O4S. The van der Waals surface area contributed by atoms with Crippen LogP contribution in [-0.4, -0.2) is 55.8 Å². The van der Waals surface area contributed by atoms with Crippen LogP contribution in [0.5, 0.6) is 5.75 Å². The summed E-state index contributed by atoms with van der Waals surface area (Å²) >= 11 is 1.30. The van der Waals surface area contributed by atoms with Crippen LogP contribution in [0.1, 0.15) is 36.7 Å². The highest BCUT2D eigenvalue weighted by Crippen LogP contribution is 2.35. The predicted molar refractivity (Wildman–Crippen MR) is 134 cm³/mol. The summed E-state index contributed by atoms with van der Waals surface area (Å²) in [6.45, 7) is 8.12. The van der Waals surface area contributed by atoms with Crippen LogP contribution < -0.4 is 9.64 Å². The fraction of sp³-hybridized carbons (Fsp3) is 0.320. The van der Waals surface area contributed by atoms with Gasteiger partial charge in [0.15, 0.2) is 5.17 Å². The minimum Gasteiger partial charge on any atom is -0.496 e. The Labute approximate surface area is 199 Å². The average molecular weight is 468 g/mol. The molecule has 1 aliphatic rings. The van der Waals surface area contributed by atoms with Crippen molar-refractivity contribution in [3.8, 4) is 5.75 Å². The summed E-state index contributed by atoms with van der Waals surface area (Å²) in [5.74, 6) is 0.213. The van der Waals surface area contributed by atoms with Gasteiger partial charge in [0.1, 0.15) is 5.75 Å². The summed E-state index contributed by atoms with van der Waals surface area (Å²) in [6, 6.07) is 12.8. The van der Waals surface area contributed by atoms with Crippen LogP contribution in [0.3, 0.4) is 0 Å². The lowest BCUT2D eigenvalue weighted by Gasteiger charge is -2.22. The maximum Gasteiger partial charge on any atom is 0.338 e. The van der Waals surface area contributed by atoms with E-state index < -0.39 is 0 Å². The summed E-state index contributed by atoms with van der Waals surface area (Å²) in [4.78, 5) is 33.6. The maximum atomic E-state index is 12.8. The summed E-state index contributed by atoms with van der Waals surface area (Å²) < 4.78 is 10.6. The third-order valence-electron chi connectivity index (χ3n) is 5.24. The number of aliphatic imine (C=N–C) groups is 1. The van der Waals surface area contributed by atoms with Crippen molar-refractivity contribution in [3.05, 3.63) is 58.5 Å². The molecule has 2 aromatic carbocycles. The molecule has 0 radical (unpaired) electrons. The van der Waals surface area contributed by atoms with Gasteiger partial charge in [-0.1, -0.05) is 0 Å². The number of amides is 1. The van der Waals surface area contributed by atoms with Crippen molar-refractivity contribution >= 4 is 46.3 Å². The van der Waals surface area contributed by atoms with Crippen molar-refractivity contribution in [1.29, 1.82) is 0 Å². The first-order chi connectivity index (χ1) is 15.9. The Morgan fingerprint density at radius 2 is 1.82 bits per heavy atom. The highest BCUT2D eigenvalue weighted by Gasteiger charge is 2.30. The summed E-state index contributed by atoms with van der Waals surface area (Å²) in [5, 5.41) is 0.564. The van der Waals surface area contributed by atoms with E-state index in [2.05, 4.69) is 23.7 Å². The van der Waals surface area contributed by atoms with E-state index in [1.807, 2.05) is 24.3 Å². The number of esters is 1. The van der Waals surface area contributed by atoms with Gasteiger partial charge in [-0.3, -0.25) is 9.69 Å². The number of carbonyl (C=O) groups excluding carboxylic acids is 2. The molecule has 1 amide bonds. The lowest BCUT2D eigenvalue weighted by atomic mass is 10.1. The topological polar surface area (TPSA) is 71.4 Å². The molecule has 7 nitrogen and oxygen atoms in total. The number of nitrogens with zero attached hydrogens (tertiary/aromatic N) is 3. The number of amidine groups is 1. The molecular weight excluding hydrogens is 438 g/mol. The Bertz CT molecular complexity index is 1080. The Kier molecular flexibility index (Phi) is 8.16. The van der Waals surface area contributed by atoms with Gasteiger partial charge in [-0.25, -0.2) is 9.79 Å². The predicted octanol–water partition coefficient (Wildman–Crippen LogP) is 4.95. The van der Waals surface area contributed by atoms with E-state index in [1.54, 1.807) is 45.3 Å². The van der Waals surface area contributed by atoms with Crippen LogP contribution >= 0.6 is 11.8 Å². The zero-order valence-corrected chi connectivity index (χ0v) is 20.4.